The fourth-order valence-electron chi connectivity index (χ4n) is 8.69. The highest BCUT2D eigenvalue weighted by atomic mass is 31.2. The van der Waals surface area contributed by atoms with Crippen LogP contribution in [-0.2, 0) is 18.4 Å². The number of phosphoric acid groups is 1. The average molecular weight is 541 g/mol. The van der Waals surface area contributed by atoms with Crippen LogP contribution in [0.2, 0.25) is 0 Å². The molecule has 1 heterocycles. The van der Waals surface area contributed by atoms with Gasteiger partial charge in [0.2, 0.25) is 0 Å². The van der Waals surface area contributed by atoms with Crippen LogP contribution in [0.25, 0.3) is 0 Å². The average Bonchev–Trinajstić information content (AvgIpc) is 3.17. The molecule has 9 atom stereocenters. The summed E-state index contributed by atoms with van der Waals surface area (Å²) in [5.41, 5.74) is -4.21. The molecule has 5 aliphatic rings. The molecule has 4 aliphatic carbocycles. The first-order chi connectivity index (χ1) is 16.9. The first-order valence-corrected chi connectivity index (χ1v) is 14.9. The lowest BCUT2D eigenvalue weighted by Gasteiger charge is -2.59. The number of carbonyl (C=O) groups excluding carboxylic acids is 1. The number of rotatable bonds is 4. The van der Waals surface area contributed by atoms with Crippen LogP contribution in [0, 0.1) is 28.6 Å². The van der Waals surface area contributed by atoms with Gasteiger partial charge in [-0.05, 0) is 88.2 Å². The monoisotopic (exact) mass is 540 g/mol. The summed E-state index contributed by atoms with van der Waals surface area (Å²) in [6.45, 7) is 9.07. The number of aliphatic hydroxyl groups excluding tert-OH is 2. The Morgan fingerprint density at radius 2 is 1.78 bits per heavy atom. The van der Waals surface area contributed by atoms with E-state index in [0.29, 0.717) is 44.1 Å². The molecule has 0 bridgehead atoms. The highest BCUT2D eigenvalue weighted by molar-refractivity contribution is 7.47. The maximum Gasteiger partial charge on any atom is 0.473 e. The molecule has 0 radical (unpaired) electrons. The van der Waals surface area contributed by atoms with Crippen molar-refractivity contribution in [1.29, 1.82) is 0 Å². The van der Waals surface area contributed by atoms with E-state index in [1.54, 1.807) is 26.8 Å². The first kappa shape index (κ1) is 27.4. The maximum atomic E-state index is 13.4. The smallest absolute Gasteiger partial charge is 0.473 e. The third-order valence-corrected chi connectivity index (χ3v) is 11.9. The molecule has 0 aromatic rings. The Kier molecular flexibility index (Phi) is 6.02. The molecule has 0 aromatic carbocycles. The minimum absolute atomic E-state index is 0.0882. The lowest BCUT2D eigenvalue weighted by Crippen LogP contribution is -2.61. The fraction of sp³-hybridized carbons (Fsp3) is 0.815. The van der Waals surface area contributed by atoms with Gasteiger partial charge >= 0.3 is 7.82 Å². The van der Waals surface area contributed by atoms with Gasteiger partial charge in [0.25, 0.3) is 0 Å². The Labute approximate surface area is 218 Å². The fourth-order valence-corrected chi connectivity index (χ4v) is 10.1. The van der Waals surface area contributed by atoms with E-state index >= 15 is 0 Å². The SMILES string of the molecule is CC(C)(O)CC[C@H]1OP(=O)(O)O[C@]1(C)[C@H]1CC[C@@]2(O)C3=CC(=O)[C@@H]4CC(O)=C(O)C[C@]4(C)C3CC[C@]12C. The summed E-state index contributed by atoms with van der Waals surface area (Å²) in [4.78, 5) is 23.7. The largest absolute Gasteiger partial charge is 0.509 e. The number of ketones is 1. The molecule has 208 valence electrons. The van der Waals surface area contributed by atoms with Gasteiger partial charge in [-0.15, -0.1) is 0 Å². The van der Waals surface area contributed by atoms with Gasteiger partial charge in [0, 0.05) is 24.2 Å². The van der Waals surface area contributed by atoms with Gasteiger partial charge in [-0.3, -0.25) is 13.8 Å². The third-order valence-electron chi connectivity index (χ3n) is 10.7. The standard InChI is InChI=1S/C27H41O9P/c1-23(2,31)9-8-22-26(5,36-37(33,34)35-22)21-7-11-27(32)16-12-18(28)17-13-19(29)20(30)14-24(17,3)15(16)6-10-25(21,27)4/h12,15,17,21-22,29-32H,6-11,13-14H2,1-5H3,(H,33,34)/t15?,17-,21-,22+,24+,25+,26+,27+/m0/s1. The van der Waals surface area contributed by atoms with Crippen molar-refractivity contribution in [2.24, 2.45) is 28.6 Å². The van der Waals surface area contributed by atoms with Crippen molar-refractivity contribution in [1.82, 2.24) is 0 Å². The minimum atomic E-state index is -4.33. The number of aliphatic hydroxyl groups is 4. The van der Waals surface area contributed by atoms with Crippen molar-refractivity contribution in [3.8, 4) is 0 Å². The molecule has 5 rings (SSSR count). The molecule has 1 aliphatic heterocycles. The van der Waals surface area contributed by atoms with Crippen molar-refractivity contribution >= 4 is 13.6 Å². The Morgan fingerprint density at radius 1 is 1.11 bits per heavy atom. The summed E-state index contributed by atoms with van der Waals surface area (Å²) in [6, 6.07) is 0. The number of carbonyl (C=O) groups is 1. The van der Waals surface area contributed by atoms with Gasteiger partial charge in [-0.2, -0.15) is 0 Å². The zero-order chi connectivity index (χ0) is 27.4. The highest BCUT2D eigenvalue weighted by Gasteiger charge is 2.71. The van der Waals surface area contributed by atoms with E-state index in [2.05, 4.69) is 0 Å². The van der Waals surface area contributed by atoms with E-state index in [9.17, 15) is 34.7 Å². The highest BCUT2D eigenvalue weighted by Crippen LogP contribution is 2.72. The molecule has 9 nitrogen and oxygen atoms in total. The van der Waals surface area contributed by atoms with Crippen molar-refractivity contribution in [2.75, 3.05) is 0 Å². The summed E-state index contributed by atoms with van der Waals surface area (Å²) in [5.74, 6) is -1.32. The Morgan fingerprint density at radius 3 is 2.43 bits per heavy atom. The van der Waals surface area contributed by atoms with Gasteiger partial charge < -0.3 is 25.3 Å². The van der Waals surface area contributed by atoms with E-state index in [-0.39, 0.29) is 42.0 Å². The second-order valence-corrected chi connectivity index (χ2v) is 14.8. The van der Waals surface area contributed by atoms with Gasteiger partial charge in [0.05, 0.1) is 17.3 Å². The van der Waals surface area contributed by atoms with Crippen molar-refractivity contribution in [3.63, 3.8) is 0 Å². The Balaban J connectivity index is 1.52. The molecule has 3 fully saturated rings. The summed E-state index contributed by atoms with van der Waals surface area (Å²) >= 11 is 0. The number of fused-ring (bicyclic) bond motifs is 5. The maximum absolute atomic E-state index is 13.4. The normalized spacial score (nSPS) is 49.9. The second-order valence-electron chi connectivity index (χ2n) is 13.5. The Hall–Kier alpha value is -1.22. The topological polar surface area (TPSA) is 154 Å². The zero-order valence-electron chi connectivity index (χ0n) is 22.4. The molecule has 10 heteroatoms. The molecular weight excluding hydrogens is 499 g/mol. The third kappa shape index (κ3) is 3.91. The molecule has 2 saturated carbocycles. The number of hydrogen-bond acceptors (Lipinski definition) is 8. The van der Waals surface area contributed by atoms with Gasteiger partial charge in [-0.1, -0.05) is 13.8 Å². The summed E-state index contributed by atoms with van der Waals surface area (Å²) < 4.78 is 24.0. The van der Waals surface area contributed by atoms with E-state index < -0.39 is 47.5 Å². The van der Waals surface area contributed by atoms with Crippen LogP contribution >= 0.6 is 7.82 Å². The summed E-state index contributed by atoms with van der Waals surface area (Å²) in [5, 5.41) is 43.3. The predicted molar refractivity (Wildman–Crippen MR) is 134 cm³/mol. The van der Waals surface area contributed by atoms with Crippen LogP contribution in [0.4, 0.5) is 0 Å². The Bertz CT molecular complexity index is 1120. The number of phosphoric ester groups is 1. The molecule has 2 unspecified atom stereocenters. The second kappa shape index (κ2) is 8.15. The summed E-state index contributed by atoms with van der Waals surface area (Å²) in [7, 11) is -4.33. The number of hydrogen-bond donors (Lipinski definition) is 5. The van der Waals surface area contributed by atoms with Crippen LogP contribution in [0.1, 0.15) is 86.0 Å². The van der Waals surface area contributed by atoms with Gasteiger partial charge in [0.1, 0.15) is 17.1 Å². The predicted octanol–water partition coefficient (Wildman–Crippen LogP) is 4.62. The zero-order valence-corrected chi connectivity index (χ0v) is 23.3. The van der Waals surface area contributed by atoms with Crippen LogP contribution in [-0.4, -0.2) is 54.0 Å². The molecule has 0 aromatic heterocycles. The van der Waals surface area contributed by atoms with E-state index in [4.69, 9.17) is 9.05 Å². The van der Waals surface area contributed by atoms with Crippen LogP contribution in [0.5, 0.6) is 0 Å². The van der Waals surface area contributed by atoms with Crippen LogP contribution < -0.4 is 0 Å². The van der Waals surface area contributed by atoms with Gasteiger partial charge in [-0.25, -0.2) is 4.57 Å². The molecule has 5 N–H and O–H groups in total. The van der Waals surface area contributed by atoms with Crippen molar-refractivity contribution in [2.45, 2.75) is 109 Å². The quantitative estimate of drug-likeness (QED) is 0.321. The molecule has 37 heavy (non-hydrogen) atoms. The van der Waals surface area contributed by atoms with Crippen molar-refractivity contribution in [3.05, 3.63) is 23.2 Å². The van der Waals surface area contributed by atoms with E-state index in [1.807, 2.05) is 13.8 Å². The first-order valence-electron chi connectivity index (χ1n) is 13.4. The lowest BCUT2D eigenvalue weighted by molar-refractivity contribution is -0.145. The molecular formula is C27H41O9P. The molecule has 1 saturated heterocycles. The lowest BCUT2D eigenvalue weighted by atomic mass is 9.46. The van der Waals surface area contributed by atoms with Crippen LogP contribution in [0.3, 0.4) is 0 Å². The van der Waals surface area contributed by atoms with Crippen molar-refractivity contribution < 1.29 is 43.7 Å². The van der Waals surface area contributed by atoms with E-state index in [1.165, 1.54) is 0 Å². The molecule has 0 amide bonds. The minimum Gasteiger partial charge on any atom is -0.509 e. The molecule has 0 spiro atoms. The van der Waals surface area contributed by atoms with Crippen LogP contribution in [0.15, 0.2) is 23.2 Å². The number of allylic oxidation sites excluding steroid dienone is 3. The van der Waals surface area contributed by atoms with E-state index in [0.717, 1.165) is 0 Å². The van der Waals surface area contributed by atoms with Gasteiger partial charge in [0.15, 0.2) is 5.78 Å². The summed E-state index contributed by atoms with van der Waals surface area (Å²) in [6.07, 6.45) is 3.89.